The monoisotopic (exact) mass is 253 g/mol. The van der Waals surface area contributed by atoms with Crippen molar-refractivity contribution >= 4 is 21.6 Å². The minimum absolute atomic E-state index is 0.00532. The van der Waals surface area contributed by atoms with Crippen molar-refractivity contribution in [3.05, 3.63) is 22.9 Å². The van der Waals surface area contributed by atoms with Crippen molar-refractivity contribution in [2.24, 2.45) is 0 Å². The van der Waals surface area contributed by atoms with Crippen LogP contribution < -0.4 is 4.90 Å². The SMILES string of the molecule is [2H]c1nc([2H])c(N2C([2H])([2H])C([2H])([2H])OC([2H])([2H])C2([2H])[2H])c([2H])c1Br. The summed E-state index contributed by atoms with van der Waals surface area (Å²) in [5.74, 6) is 0. The third kappa shape index (κ3) is 2.19. The number of halogens is 1. The van der Waals surface area contributed by atoms with Crippen LogP contribution in [0.1, 0.15) is 15.1 Å². The van der Waals surface area contributed by atoms with Gasteiger partial charge in [-0.25, -0.2) is 0 Å². The Kier molecular flexibility index (Phi) is 0.845. The molecule has 0 spiro atoms. The molecule has 1 aromatic rings. The molecule has 0 N–H and O–H groups in total. The van der Waals surface area contributed by atoms with Crippen LogP contribution in [0.25, 0.3) is 0 Å². The molecule has 2 rings (SSSR count). The van der Waals surface area contributed by atoms with Gasteiger partial charge in [0.25, 0.3) is 0 Å². The Morgan fingerprint density at radius 3 is 3.08 bits per heavy atom. The molecule has 1 aliphatic heterocycles. The summed E-state index contributed by atoms with van der Waals surface area (Å²) in [4.78, 5) is 3.45. The van der Waals surface area contributed by atoms with E-state index in [9.17, 15) is 0 Å². The van der Waals surface area contributed by atoms with E-state index in [1.54, 1.807) is 0 Å². The highest BCUT2D eigenvalue weighted by Gasteiger charge is 2.10. The molecule has 70 valence electrons. The van der Waals surface area contributed by atoms with Crippen LogP contribution >= 0.6 is 15.9 Å². The lowest BCUT2D eigenvalue weighted by molar-refractivity contribution is 0.122. The molecular formula is C9H11BrN2O. The lowest BCUT2D eigenvalue weighted by atomic mass is 10.3. The molecule has 0 aromatic carbocycles. The summed E-state index contributed by atoms with van der Waals surface area (Å²) >= 11 is 2.85. The predicted molar refractivity (Wildman–Crippen MR) is 55.0 cm³/mol. The third-order valence-electron chi connectivity index (χ3n) is 1.18. The summed E-state index contributed by atoms with van der Waals surface area (Å²) in [5.41, 5.74) is -0.802. The largest absolute Gasteiger partial charge is 0.378 e. The van der Waals surface area contributed by atoms with E-state index in [-0.39, 0.29) is 9.37 Å². The van der Waals surface area contributed by atoms with E-state index in [1.807, 2.05) is 0 Å². The number of nitrogens with zero attached hydrogens (tertiary/aromatic N) is 2. The highest BCUT2D eigenvalue weighted by Crippen LogP contribution is 2.18. The molecule has 3 nitrogen and oxygen atoms in total. The zero-order valence-corrected chi connectivity index (χ0v) is 7.77. The fourth-order valence-corrected chi connectivity index (χ4v) is 0.974. The molecule has 0 aliphatic carbocycles. The van der Waals surface area contributed by atoms with E-state index in [2.05, 4.69) is 25.7 Å². The summed E-state index contributed by atoms with van der Waals surface area (Å²) in [6, 6.07) is -0.693. The summed E-state index contributed by atoms with van der Waals surface area (Å²) in [7, 11) is 0. The van der Waals surface area contributed by atoms with Crippen LogP contribution in [0.5, 0.6) is 0 Å². The van der Waals surface area contributed by atoms with Gasteiger partial charge in [0.05, 0.1) is 40.1 Å². The van der Waals surface area contributed by atoms with Crippen LogP contribution in [0.3, 0.4) is 0 Å². The maximum Gasteiger partial charge on any atom is 0.0862 e. The van der Waals surface area contributed by atoms with Gasteiger partial charge < -0.3 is 9.64 Å². The highest BCUT2D eigenvalue weighted by molar-refractivity contribution is 9.10. The van der Waals surface area contributed by atoms with Crippen LogP contribution in [0, 0.1) is 0 Å². The van der Waals surface area contributed by atoms with Crippen molar-refractivity contribution in [3.8, 4) is 0 Å². The van der Waals surface area contributed by atoms with Crippen molar-refractivity contribution in [1.29, 1.82) is 0 Å². The number of rotatable bonds is 1. The van der Waals surface area contributed by atoms with Gasteiger partial charge in [-0.2, -0.15) is 0 Å². The van der Waals surface area contributed by atoms with Crippen LogP contribution in [0.15, 0.2) is 22.9 Å². The van der Waals surface area contributed by atoms with Gasteiger partial charge >= 0.3 is 0 Å². The average Bonchev–Trinajstić information content (AvgIpc) is 2.37. The molecule has 4 heteroatoms. The summed E-state index contributed by atoms with van der Waals surface area (Å²) in [5, 5.41) is 0. The topological polar surface area (TPSA) is 25.4 Å². The number of ether oxygens (including phenoxy) is 1. The number of anilines is 1. The molecule has 0 unspecified atom stereocenters. The number of pyridine rings is 1. The fraction of sp³-hybridized carbons (Fsp3) is 0.444. The summed E-state index contributed by atoms with van der Waals surface area (Å²) in [6.07, 6.45) is -1.39. The van der Waals surface area contributed by atoms with E-state index in [0.29, 0.717) is 0 Å². The first-order chi connectivity index (χ1) is 10.6. The van der Waals surface area contributed by atoms with Gasteiger partial charge in [-0.3, -0.25) is 4.98 Å². The van der Waals surface area contributed by atoms with Gasteiger partial charge in [0.15, 0.2) is 0 Å². The standard InChI is InChI=1S/C9H11BrN2O/c10-8-5-9(7-11-6-8)12-1-3-13-4-2-12/h5-7H,1-4H2/i1D2,2D2,3D2,4D2,5D,6D,7D. The molecule has 1 aromatic heterocycles. The Hall–Kier alpha value is -0.610. The van der Waals surface area contributed by atoms with Crippen LogP contribution in [0.4, 0.5) is 5.69 Å². The van der Waals surface area contributed by atoms with Gasteiger partial charge in [0.2, 0.25) is 0 Å². The van der Waals surface area contributed by atoms with Crippen molar-refractivity contribution < 1.29 is 19.8 Å². The maximum atomic E-state index is 7.94. The van der Waals surface area contributed by atoms with Gasteiger partial charge in [-0.05, 0) is 22.0 Å². The van der Waals surface area contributed by atoms with Gasteiger partial charge in [-0.15, -0.1) is 0 Å². The number of hydrogen-bond acceptors (Lipinski definition) is 3. The van der Waals surface area contributed by atoms with Gasteiger partial charge in [0.1, 0.15) is 0 Å². The molecular weight excluding hydrogens is 232 g/mol. The van der Waals surface area contributed by atoms with E-state index < -0.39 is 50.2 Å². The quantitative estimate of drug-likeness (QED) is 0.762. The van der Waals surface area contributed by atoms with E-state index in [0.717, 1.165) is 0 Å². The van der Waals surface area contributed by atoms with Crippen molar-refractivity contribution in [1.82, 2.24) is 4.98 Å². The third-order valence-corrected chi connectivity index (χ3v) is 1.56. The zero-order chi connectivity index (χ0) is 18.9. The first kappa shape index (κ1) is 2.70. The van der Waals surface area contributed by atoms with Crippen LogP contribution in [-0.2, 0) is 4.74 Å². The Labute approximate surface area is 101 Å². The Morgan fingerprint density at radius 2 is 2.31 bits per heavy atom. The lowest BCUT2D eigenvalue weighted by Crippen LogP contribution is -2.36. The molecule has 0 amide bonds. The molecule has 1 aliphatic rings. The summed E-state index contributed by atoms with van der Waals surface area (Å²) < 4.78 is 89.3. The van der Waals surface area contributed by atoms with Crippen molar-refractivity contribution in [3.63, 3.8) is 0 Å². The molecule has 1 fully saturated rings. The fourth-order valence-electron chi connectivity index (χ4n) is 0.698. The molecule has 0 saturated carbocycles. The zero-order valence-electron chi connectivity index (χ0n) is 17.2. The number of aromatic nitrogens is 1. The molecule has 1 saturated heterocycles. The Balaban J connectivity index is 2.86. The van der Waals surface area contributed by atoms with E-state index in [1.165, 1.54) is 0 Å². The minimum atomic E-state index is -3.30. The van der Waals surface area contributed by atoms with E-state index in [4.69, 9.17) is 15.1 Å². The Bertz CT molecular complexity index is 669. The minimum Gasteiger partial charge on any atom is -0.378 e. The van der Waals surface area contributed by atoms with Gasteiger partial charge in [0, 0.05) is 23.6 Å². The smallest absolute Gasteiger partial charge is 0.0862 e. The van der Waals surface area contributed by atoms with Crippen LogP contribution in [-0.4, -0.2) is 31.1 Å². The highest BCUT2D eigenvalue weighted by atomic mass is 79.9. The second kappa shape index (κ2) is 4.07. The first-order valence-corrected chi connectivity index (χ1v) is 4.01. The predicted octanol–water partition coefficient (Wildman–Crippen LogP) is 1.68. The average molecular weight is 254 g/mol. The van der Waals surface area contributed by atoms with Crippen molar-refractivity contribution in [2.45, 2.75) is 0 Å². The van der Waals surface area contributed by atoms with Crippen LogP contribution in [0.2, 0.25) is 0 Å². The lowest BCUT2D eigenvalue weighted by Gasteiger charge is -2.28. The second-order valence-corrected chi connectivity index (χ2v) is 2.78. The van der Waals surface area contributed by atoms with Crippen molar-refractivity contribution in [2.75, 3.05) is 31.0 Å². The maximum absolute atomic E-state index is 7.94. The number of morpholine rings is 1. The first-order valence-electron chi connectivity index (χ1n) is 8.72. The molecule has 2 heterocycles. The van der Waals surface area contributed by atoms with Gasteiger partial charge in [-0.1, -0.05) is 0 Å². The number of hydrogen-bond donors (Lipinski definition) is 0. The Morgan fingerprint density at radius 1 is 1.54 bits per heavy atom. The molecule has 13 heavy (non-hydrogen) atoms. The van der Waals surface area contributed by atoms with E-state index >= 15 is 0 Å². The second-order valence-electron chi connectivity index (χ2n) is 1.99. The molecule has 0 bridgehead atoms. The normalized spacial score (nSPS) is 45.3. The molecule has 0 atom stereocenters. The molecule has 0 radical (unpaired) electrons. The summed E-state index contributed by atoms with van der Waals surface area (Å²) in [6.45, 7) is -13.2.